The molecule has 2 aromatic rings. The van der Waals surface area contributed by atoms with E-state index in [2.05, 4.69) is 15.3 Å². The fourth-order valence-electron chi connectivity index (χ4n) is 1.67. The van der Waals surface area contributed by atoms with Crippen LogP contribution >= 0.6 is 0 Å². The number of halogens is 3. The number of anilines is 1. The number of hydrogen-bond acceptors (Lipinski definition) is 3. The first-order chi connectivity index (χ1) is 9.79. The third kappa shape index (κ3) is 3.28. The van der Waals surface area contributed by atoms with Gasteiger partial charge in [0.1, 0.15) is 11.4 Å². The van der Waals surface area contributed by atoms with Crippen LogP contribution in [0.25, 0.3) is 0 Å². The third-order valence-corrected chi connectivity index (χ3v) is 2.65. The van der Waals surface area contributed by atoms with Crippen LogP contribution in [0.15, 0.2) is 35.3 Å². The molecule has 0 radical (unpaired) electrons. The number of carbonyl (C=O) groups is 1. The minimum Gasteiger partial charge on any atom is -0.321 e. The van der Waals surface area contributed by atoms with Crippen molar-refractivity contribution < 1.29 is 18.0 Å². The Hall–Kier alpha value is -2.64. The lowest BCUT2D eigenvalue weighted by Crippen LogP contribution is -2.25. The number of H-pyrrole nitrogens is 1. The highest BCUT2D eigenvalue weighted by atomic mass is 19.4. The van der Waals surface area contributed by atoms with Gasteiger partial charge < -0.3 is 10.3 Å². The highest BCUT2D eigenvalue weighted by molar-refractivity contribution is 6.04. The van der Waals surface area contributed by atoms with Crippen molar-refractivity contribution in [1.82, 2.24) is 9.97 Å². The predicted octanol–water partition coefficient (Wildman–Crippen LogP) is 2.35. The van der Waals surface area contributed by atoms with Crippen LogP contribution in [0.3, 0.4) is 0 Å². The van der Waals surface area contributed by atoms with Crippen molar-refractivity contribution in [3.63, 3.8) is 0 Å². The van der Waals surface area contributed by atoms with Crippen molar-refractivity contribution >= 4 is 11.6 Å². The second kappa shape index (κ2) is 5.39. The highest BCUT2D eigenvalue weighted by Gasteiger charge is 2.33. The first-order valence-corrected chi connectivity index (χ1v) is 5.82. The van der Waals surface area contributed by atoms with Gasteiger partial charge in [-0.3, -0.25) is 9.59 Å². The molecule has 0 fully saturated rings. The van der Waals surface area contributed by atoms with Crippen molar-refractivity contribution in [2.75, 3.05) is 5.32 Å². The van der Waals surface area contributed by atoms with Gasteiger partial charge in [-0.25, -0.2) is 4.98 Å². The van der Waals surface area contributed by atoms with E-state index in [-0.39, 0.29) is 5.56 Å². The van der Waals surface area contributed by atoms with Crippen LogP contribution < -0.4 is 10.9 Å². The lowest BCUT2D eigenvalue weighted by molar-refractivity contribution is -0.136. The highest BCUT2D eigenvalue weighted by Crippen LogP contribution is 2.34. The maximum atomic E-state index is 12.8. The average Bonchev–Trinajstić information content (AvgIpc) is 2.37. The van der Waals surface area contributed by atoms with E-state index in [0.717, 1.165) is 18.3 Å². The van der Waals surface area contributed by atoms with E-state index in [4.69, 9.17) is 0 Å². The standard InChI is InChI=1S/C13H10F3N3O2/c1-7-17-6-8(11(20)18-7)12(21)19-10-5-3-2-4-9(10)13(14,15)16/h2-6H,1H3,(H,19,21)(H,17,18,20). The summed E-state index contributed by atoms with van der Waals surface area (Å²) in [4.78, 5) is 29.5. The molecule has 0 saturated heterocycles. The first-order valence-electron chi connectivity index (χ1n) is 5.82. The molecule has 0 spiro atoms. The van der Waals surface area contributed by atoms with Crippen molar-refractivity contribution in [2.24, 2.45) is 0 Å². The summed E-state index contributed by atoms with van der Waals surface area (Å²) in [6.07, 6.45) is -3.60. The molecule has 1 amide bonds. The van der Waals surface area contributed by atoms with Crippen LogP contribution in [0.2, 0.25) is 0 Å². The van der Waals surface area contributed by atoms with Gasteiger partial charge in [0.2, 0.25) is 0 Å². The molecule has 110 valence electrons. The summed E-state index contributed by atoms with van der Waals surface area (Å²) in [6.45, 7) is 1.52. The quantitative estimate of drug-likeness (QED) is 0.893. The average molecular weight is 297 g/mol. The Morgan fingerprint density at radius 3 is 2.57 bits per heavy atom. The molecule has 0 aliphatic rings. The van der Waals surface area contributed by atoms with E-state index < -0.39 is 28.9 Å². The number of aryl methyl sites for hydroxylation is 1. The van der Waals surface area contributed by atoms with Gasteiger partial charge >= 0.3 is 6.18 Å². The topological polar surface area (TPSA) is 74.8 Å². The molecule has 1 heterocycles. The number of nitrogens with zero attached hydrogens (tertiary/aromatic N) is 1. The summed E-state index contributed by atoms with van der Waals surface area (Å²) in [5.74, 6) is -0.660. The fraction of sp³-hybridized carbons (Fsp3) is 0.154. The number of nitrogens with one attached hydrogen (secondary N) is 2. The second-order valence-corrected chi connectivity index (χ2v) is 4.21. The molecular formula is C13H10F3N3O2. The van der Waals surface area contributed by atoms with Gasteiger partial charge in [-0.05, 0) is 19.1 Å². The zero-order chi connectivity index (χ0) is 15.6. The predicted molar refractivity (Wildman–Crippen MR) is 69.0 cm³/mol. The molecule has 0 saturated carbocycles. The molecule has 0 aliphatic heterocycles. The van der Waals surface area contributed by atoms with Gasteiger partial charge in [0.25, 0.3) is 11.5 Å². The van der Waals surface area contributed by atoms with Crippen molar-refractivity contribution in [3.8, 4) is 0 Å². The van der Waals surface area contributed by atoms with Gasteiger partial charge in [0.05, 0.1) is 11.3 Å². The molecule has 0 bridgehead atoms. The molecular weight excluding hydrogens is 287 g/mol. The van der Waals surface area contributed by atoms with E-state index in [1.54, 1.807) is 0 Å². The second-order valence-electron chi connectivity index (χ2n) is 4.21. The van der Waals surface area contributed by atoms with Crippen LogP contribution in [0, 0.1) is 6.92 Å². The summed E-state index contributed by atoms with van der Waals surface area (Å²) < 4.78 is 38.4. The van der Waals surface area contributed by atoms with Crippen LogP contribution in [-0.2, 0) is 6.18 Å². The first kappa shape index (κ1) is 14.8. The Labute approximate surface area is 116 Å². The molecule has 1 aromatic heterocycles. The summed E-state index contributed by atoms with van der Waals surface area (Å²) in [7, 11) is 0. The molecule has 0 aliphatic carbocycles. The van der Waals surface area contributed by atoms with E-state index in [9.17, 15) is 22.8 Å². The van der Waals surface area contributed by atoms with Gasteiger partial charge in [-0.15, -0.1) is 0 Å². The minimum absolute atomic E-state index is 0.298. The van der Waals surface area contributed by atoms with Crippen molar-refractivity contribution in [2.45, 2.75) is 13.1 Å². The Morgan fingerprint density at radius 2 is 1.95 bits per heavy atom. The molecule has 2 N–H and O–H groups in total. The number of para-hydroxylation sites is 1. The number of alkyl halides is 3. The van der Waals surface area contributed by atoms with E-state index in [1.165, 1.54) is 19.1 Å². The van der Waals surface area contributed by atoms with E-state index in [1.807, 2.05) is 0 Å². The molecule has 21 heavy (non-hydrogen) atoms. The number of aromatic nitrogens is 2. The SMILES string of the molecule is Cc1ncc(C(=O)Nc2ccccc2C(F)(F)F)c(=O)[nH]1. The smallest absolute Gasteiger partial charge is 0.321 e. The molecule has 0 unspecified atom stereocenters. The number of aromatic amines is 1. The minimum atomic E-state index is -4.61. The maximum Gasteiger partial charge on any atom is 0.418 e. The molecule has 2 rings (SSSR count). The molecule has 0 atom stereocenters. The van der Waals surface area contributed by atoms with Crippen molar-refractivity contribution in [1.29, 1.82) is 0 Å². The van der Waals surface area contributed by atoms with E-state index in [0.29, 0.717) is 5.82 Å². The van der Waals surface area contributed by atoms with Crippen molar-refractivity contribution in [3.05, 3.63) is 57.8 Å². The largest absolute Gasteiger partial charge is 0.418 e. The van der Waals surface area contributed by atoms with Crippen LogP contribution in [0.1, 0.15) is 21.7 Å². The lowest BCUT2D eigenvalue weighted by Gasteiger charge is -2.13. The Bertz CT molecular complexity index is 738. The summed E-state index contributed by atoms with van der Waals surface area (Å²) in [5, 5.41) is 2.07. The summed E-state index contributed by atoms with van der Waals surface area (Å²) in [6, 6.07) is 4.50. The van der Waals surface area contributed by atoms with Gasteiger partial charge in [0.15, 0.2) is 0 Å². The number of hydrogen-bond donors (Lipinski definition) is 2. The zero-order valence-electron chi connectivity index (χ0n) is 10.8. The van der Waals surface area contributed by atoms with Gasteiger partial charge in [-0.2, -0.15) is 13.2 Å². The number of benzene rings is 1. The molecule has 5 nitrogen and oxygen atoms in total. The number of amides is 1. The monoisotopic (exact) mass is 297 g/mol. The number of carbonyl (C=O) groups excluding carboxylic acids is 1. The van der Waals surface area contributed by atoms with Gasteiger partial charge in [-0.1, -0.05) is 12.1 Å². The lowest BCUT2D eigenvalue weighted by atomic mass is 10.1. The Morgan fingerprint density at radius 1 is 1.29 bits per heavy atom. The van der Waals surface area contributed by atoms with Gasteiger partial charge in [0, 0.05) is 6.20 Å². The normalized spacial score (nSPS) is 11.2. The maximum absolute atomic E-state index is 12.8. The van der Waals surface area contributed by atoms with Crippen LogP contribution in [-0.4, -0.2) is 15.9 Å². The zero-order valence-corrected chi connectivity index (χ0v) is 10.8. The Kier molecular flexibility index (Phi) is 3.79. The summed E-state index contributed by atoms with van der Waals surface area (Å²) in [5.41, 5.74) is -2.49. The molecule has 1 aromatic carbocycles. The summed E-state index contributed by atoms with van der Waals surface area (Å²) >= 11 is 0. The molecule has 8 heteroatoms. The number of rotatable bonds is 2. The fourth-order valence-corrected chi connectivity index (χ4v) is 1.67. The van der Waals surface area contributed by atoms with Crippen LogP contribution in [0.4, 0.5) is 18.9 Å². The Balaban J connectivity index is 2.35. The van der Waals surface area contributed by atoms with Crippen LogP contribution in [0.5, 0.6) is 0 Å². The third-order valence-electron chi connectivity index (χ3n) is 2.65. The van der Waals surface area contributed by atoms with E-state index >= 15 is 0 Å².